The van der Waals surface area contributed by atoms with Gasteiger partial charge in [0.25, 0.3) is 0 Å². The number of pyridine rings is 1. The zero-order valence-electron chi connectivity index (χ0n) is 19.5. The zero-order valence-corrected chi connectivity index (χ0v) is 20.2. The molecule has 0 radical (unpaired) electrons. The van der Waals surface area contributed by atoms with E-state index >= 15 is 0 Å². The third-order valence-corrected chi connectivity index (χ3v) is 6.70. The summed E-state index contributed by atoms with van der Waals surface area (Å²) in [4.78, 5) is 19.3. The van der Waals surface area contributed by atoms with Crippen molar-refractivity contribution in [3.63, 3.8) is 0 Å². The van der Waals surface area contributed by atoms with Gasteiger partial charge in [-0.3, -0.25) is 0 Å². The summed E-state index contributed by atoms with van der Waals surface area (Å²) in [5.74, 6) is 1.40. The molecule has 7 heteroatoms. The van der Waals surface area contributed by atoms with E-state index in [1.807, 2.05) is 25.1 Å². The minimum Gasteiger partial charge on any atom is -0.377 e. The molecule has 0 bridgehead atoms. The number of amides is 2. The zero-order chi connectivity index (χ0) is 23.4. The molecule has 1 aromatic heterocycles. The number of hydrogen-bond acceptors (Lipinski definition) is 4. The van der Waals surface area contributed by atoms with Crippen molar-refractivity contribution in [2.75, 3.05) is 36.2 Å². The van der Waals surface area contributed by atoms with Crippen LogP contribution in [0.5, 0.6) is 0 Å². The Morgan fingerprint density at radius 2 is 1.85 bits per heavy atom. The monoisotopic (exact) mass is 465 g/mol. The first kappa shape index (κ1) is 23.2. The molecule has 6 nitrogen and oxygen atoms in total. The largest absolute Gasteiger partial charge is 0.377 e. The number of carbonyl (C=O) groups excluding carboxylic acids is 1. The molecular weight excluding hydrogens is 434 g/mol. The fourth-order valence-electron chi connectivity index (χ4n) is 4.51. The fourth-order valence-corrected chi connectivity index (χ4v) is 4.78. The maximum absolute atomic E-state index is 12.4. The predicted octanol–water partition coefficient (Wildman–Crippen LogP) is 6.06. The Hall–Kier alpha value is -2.99. The lowest BCUT2D eigenvalue weighted by Gasteiger charge is -2.30. The first-order valence-corrected chi connectivity index (χ1v) is 11.9. The number of para-hydroxylation sites is 2. The van der Waals surface area contributed by atoms with Gasteiger partial charge in [-0.25, -0.2) is 9.78 Å². The average molecular weight is 466 g/mol. The van der Waals surface area contributed by atoms with Crippen molar-refractivity contribution in [2.45, 2.75) is 38.6 Å². The maximum Gasteiger partial charge on any atom is 0.319 e. The van der Waals surface area contributed by atoms with Gasteiger partial charge in [0.2, 0.25) is 0 Å². The number of carbonyl (C=O) groups is 1. The van der Waals surface area contributed by atoms with Crippen molar-refractivity contribution in [1.82, 2.24) is 10.3 Å². The molecule has 1 fully saturated rings. The summed E-state index contributed by atoms with van der Waals surface area (Å²) in [5, 5.41) is 11.3. The van der Waals surface area contributed by atoms with Crippen LogP contribution in [-0.2, 0) is 0 Å². The van der Waals surface area contributed by atoms with Crippen LogP contribution in [-0.4, -0.2) is 37.7 Å². The molecule has 0 saturated heterocycles. The van der Waals surface area contributed by atoms with Gasteiger partial charge in [-0.05, 0) is 56.2 Å². The highest BCUT2D eigenvalue weighted by atomic mass is 35.5. The smallest absolute Gasteiger partial charge is 0.319 e. The molecule has 33 heavy (non-hydrogen) atoms. The van der Waals surface area contributed by atoms with Crippen molar-refractivity contribution in [3.8, 4) is 0 Å². The van der Waals surface area contributed by atoms with E-state index in [0.717, 1.165) is 48.0 Å². The van der Waals surface area contributed by atoms with Crippen molar-refractivity contribution in [3.05, 3.63) is 59.1 Å². The van der Waals surface area contributed by atoms with E-state index in [0.29, 0.717) is 29.2 Å². The molecule has 1 aliphatic carbocycles. The van der Waals surface area contributed by atoms with E-state index in [2.05, 4.69) is 59.2 Å². The molecule has 0 aliphatic heterocycles. The first-order valence-electron chi connectivity index (χ1n) is 11.5. The van der Waals surface area contributed by atoms with Crippen molar-refractivity contribution in [1.29, 1.82) is 0 Å². The molecule has 0 spiro atoms. The summed E-state index contributed by atoms with van der Waals surface area (Å²) in [5.41, 5.74) is 3.79. The lowest BCUT2D eigenvalue weighted by Crippen LogP contribution is -2.36. The third kappa shape index (κ3) is 5.69. The number of nitrogens with one attached hydrogen (secondary N) is 3. The van der Waals surface area contributed by atoms with Gasteiger partial charge in [0.15, 0.2) is 0 Å². The number of aromatic nitrogens is 1. The van der Waals surface area contributed by atoms with Crippen LogP contribution < -0.4 is 20.9 Å². The number of rotatable bonds is 6. The lowest BCUT2D eigenvalue weighted by atomic mass is 9.86. The number of hydrogen-bond donors (Lipinski definition) is 3. The second kappa shape index (κ2) is 10.3. The van der Waals surface area contributed by atoms with Crippen molar-refractivity contribution < 1.29 is 4.79 Å². The highest BCUT2D eigenvalue weighted by Crippen LogP contribution is 2.30. The Kier molecular flexibility index (Phi) is 7.23. The highest BCUT2D eigenvalue weighted by molar-refractivity contribution is 6.33. The standard InChI is InChI=1S/C26H32ClN5O/c1-17-7-6-9-21(27)25(17)31-26(33)28-16-18-11-13-19(14-12-18)29-24-15-23(32(2)3)20-8-4-5-10-22(20)30-24/h4-10,15,18-19H,11-14,16H2,1-3H3,(H,29,30)(H2,28,31,33). The number of anilines is 3. The summed E-state index contributed by atoms with van der Waals surface area (Å²) >= 11 is 6.21. The molecule has 4 rings (SSSR count). The first-order chi connectivity index (χ1) is 15.9. The van der Waals surface area contributed by atoms with Gasteiger partial charge in [-0.1, -0.05) is 41.9 Å². The predicted molar refractivity (Wildman–Crippen MR) is 139 cm³/mol. The molecule has 1 heterocycles. The minimum absolute atomic E-state index is 0.206. The summed E-state index contributed by atoms with van der Waals surface area (Å²) in [6.07, 6.45) is 4.25. The Morgan fingerprint density at radius 3 is 2.58 bits per heavy atom. The molecule has 2 aromatic carbocycles. The Morgan fingerprint density at radius 1 is 1.09 bits per heavy atom. The molecule has 1 saturated carbocycles. The van der Waals surface area contributed by atoms with Gasteiger partial charge >= 0.3 is 6.03 Å². The molecule has 2 amide bonds. The molecule has 0 unspecified atom stereocenters. The number of fused-ring (bicyclic) bond motifs is 1. The fraction of sp³-hybridized carbons (Fsp3) is 0.385. The van der Waals surface area contributed by atoms with Crippen molar-refractivity contribution in [2.24, 2.45) is 5.92 Å². The van der Waals surface area contributed by atoms with Crippen LogP contribution in [0.3, 0.4) is 0 Å². The topological polar surface area (TPSA) is 69.3 Å². The Bertz CT molecular complexity index is 1100. The number of benzene rings is 2. The number of aryl methyl sites for hydroxylation is 1. The lowest BCUT2D eigenvalue weighted by molar-refractivity contribution is 0.246. The van der Waals surface area contributed by atoms with E-state index in [-0.39, 0.29) is 6.03 Å². The normalized spacial score (nSPS) is 18.1. The second-order valence-corrected chi connectivity index (χ2v) is 9.47. The van der Waals surface area contributed by atoms with Gasteiger partial charge in [-0.2, -0.15) is 0 Å². The molecule has 1 aliphatic rings. The van der Waals surface area contributed by atoms with E-state index in [9.17, 15) is 4.79 Å². The van der Waals surface area contributed by atoms with Gasteiger partial charge in [0.1, 0.15) is 5.82 Å². The SMILES string of the molecule is Cc1cccc(Cl)c1NC(=O)NCC1CCC(Nc2cc(N(C)C)c3ccccc3n2)CC1. The van der Waals surface area contributed by atoms with Crippen LogP contribution >= 0.6 is 11.6 Å². The van der Waals surface area contributed by atoms with Crippen LogP contribution in [0.4, 0.5) is 22.0 Å². The Labute approximate surface area is 200 Å². The summed E-state index contributed by atoms with van der Waals surface area (Å²) in [6, 6.07) is 16.2. The van der Waals surface area contributed by atoms with Crippen LogP contribution in [0.1, 0.15) is 31.2 Å². The van der Waals surface area contributed by atoms with Crippen LogP contribution in [0.15, 0.2) is 48.5 Å². The minimum atomic E-state index is -0.206. The average Bonchev–Trinajstić information content (AvgIpc) is 2.80. The van der Waals surface area contributed by atoms with E-state index in [4.69, 9.17) is 16.6 Å². The number of halogens is 1. The van der Waals surface area contributed by atoms with Gasteiger partial charge in [0, 0.05) is 43.8 Å². The number of urea groups is 1. The quantitative estimate of drug-likeness (QED) is 0.414. The molecule has 174 valence electrons. The van der Waals surface area contributed by atoms with Crippen LogP contribution in [0.25, 0.3) is 10.9 Å². The van der Waals surface area contributed by atoms with E-state index in [1.165, 1.54) is 5.69 Å². The summed E-state index contributed by atoms with van der Waals surface area (Å²) < 4.78 is 0. The van der Waals surface area contributed by atoms with Crippen molar-refractivity contribution >= 4 is 45.7 Å². The Balaban J connectivity index is 1.28. The van der Waals surface area contributed by atoms with E-state index in [1.54, 1.807) is 6.07 Å². The molecule has 3 aromatic rings. The summed E-state index contributed by atoms with van der Waals surface area (Å²) in [6.45, 7) is 2.60. The van der Waals surface area contributed by atoms with E-state index < -0.39 is 0 Å². The summed E-state index contributed by atoms with van der Waals surface area (Å²) in [7, 11) is 4.12. The molecule has 3 N–H and O–H groups in total. The van der Waals surface area contributed by atoms with Crippen LogP contribution in [0.2, 0.25) is 5.02 Å². The highest BCUT2D eigenvalue weighted by Gasteiger charge is 2.22. The second-order valence-electron chi connectivity index (χ2n) is 9.07. The van der Waals surface area contributed by atoms with Gasteiger partial charge < -0.3 is 20.9 Å². The number of nitrogens with zero attached hydrogens (tertiary/aromatic N) is 2. The molecule has 0 atom stereocenters. The van der Waals surface area contributed by atoms with Gasteiger partial charge in [-0.15, -0.1) is 0 Å². The molecular formula is C26H32ClN5O. The maximum atomic E-state index is 12.4. The third-order valence-electron chi connectivity index (χ3n) is 6.39. The van der Waals surface area contributed by atoms with Gasteiger partial charge in [0.05, 0.1) is 16.2 Å². The van der Waals surface area contributed by atoms with Crippen LogP contribution in [0, 0.1) is 12.8 Å².